The average Bonchev–Trinajstić information content (AvgIpc) is 3.53. The summed E-state index contributed by atoms with van der Waals surface area (Å²) in [6.07, 6.45) is 5.22. The van der Waals surface area contributed by atoms with Crippen LogP contribution in [0, 0.1) is 28.6 Å². The maximum absolute atomic E-state index is 13.5. The summed E-state index contributed by atoms with van der Waals surface area (Å²) in [5.74, 6) is -3.19. The number of hydrogen-bond acceptors (Lipinski definition) is 9. The van der Waals surface area contributed by atoms with Gasteiger partial charge < -0.3 is 24.1 Å². The molecule has 3 saturated carbocycles. The van der Waals surface area contributed by atoms with Crippen molar-refractivity contribution in [1.82, 2.24) is 0 Å². The van der Waals surface area contributed by atoms with Crippen LogP contribution in [0.1, 0.15) is 82.2 Å². The van der Waals surface area contributed by atoms with Gasteiger partial charge in [0.05, 0.1) is 19.1 Å². The van der Waals surface area contributed by atoms with E-state index >= 15 is 0 Å². The monoisotopic (exact) mass is 556 g/mol. The highest BCUT2D eigenvalue weighted by Gasteiger charge is 2.69. The normalized spacial score (nSPS) is 36.5. The van der Waals surface area contributed by atoms with Gasteiger partial charge in [-0.05, 0) is 74.0 Å². The second kappa shape index (κ2) is 10.3. The second-order valence-corrected chi connectivity index (χ2v) is 12.3. The van der Waals surface area contributed by atoms with Crippen LogP contribution in [0.15, 0.2) is 34.5 Å². The largest absolute Gasteiger partial charge is 0.481 e. The van der Waals surface area contributed by atoms with Gasteiger partial charge in [0, 0.05) is 17.8 Å². The van der Waals surface area contributed by atoms with Gasteiger partial charge in [-0.1, -0.05) is 19.4 Å². The van der Waals surface area contributed by atoms with Crippen molar-refractivity contribution in [3.05, 3.63) is 35.8 Å². The Bertz CT molecular complexity index is 1250. The molecule has 10 heteroatoms. The van der Waals surface area contributed by atoms with Gasteiger partial charge in [-0.25, -0.2) is 4.79 Å². The van der Waals surface area contributed by atoms with Crippen molar-refractivity contribution in [2.75, 3.05) is 6.61 Å². The Morgan fingerprint density at radius 1 is 1.10 bits per heavy atom. The first-order valence-electron chi connectivity index (χ1n) is 14.0. The molecule has 4 aliphatic carbocycles. The van der Waals surface area contributed by atoms with Gasteiger partial charge in [-0.2, -0.15) is 0 Å². The van der Waals surface area contributed by atoms with Crippen molar-refractivity contribution in [3.63, 3.8) is 0 Å². The minimum atomic E-state index is -1.81. The van der Waals surface area contributed by atoms with Crippen LogP contribution in [-0.2, 0) is 28.7 Å². The van der Waals surface area contributed by atoms with Crippen molar-refractivity contribution < 1.29 is 48.1 Å². The molecule has 0 saturated heterocycles. The predicted octanol–water partition coefficient (Wildman–Crippen LogP) is 3.66. The molecule has 0 unspecified atom stereocenters. The molecule has 0 aromatic carbocycles. The molecule has 7 atom stereocenters. The minimum Gasteiger partial charge on any atom is -0.481 e. The lowest BCUT2D eigenvalue weighted by Crippen LogP contribution is -2.62. The van der Waals surface area contributed by atoms with E-state index < -0.39 is 53.8 Å². The third-order valence-corrected chi connectivity index (χ3v) is 10.4. The van der Waals surface area contributed by atoms with E-state index in [1.54, 1.807) is 12.1 Å². The zero-order valence-electron chi connectivity index (χ0n) is 22.9. The SMILES string of the molecule is C[C@]12CCC(=O)C=C1CC[C@@H]1[C@@H]2[C@H](OC(=O)c2ccco2)C[C@@]2(C)[C@H]1CC[C@]2(O)C(=O)COC(=O)CCC(=O)O. The molecule has 4 aliphatic rings. The number of carbonyl (C=O) groups is 5. The van der Waals surface area contributed by atoms with Crippen LogP contribution in [-0.4, -0.2) is 58.0 Å². The molecule has 40 heavy (non-hydrogen) atoms. The summed E-state index contributed by atoms with van der Waals surface area (Å²) in [7, 11) is 0. The average molecular weight is 557 g/mol. The number of ketones is 2. The molecular weight excluding hydrogens is 520 g/mol. The topological polar surface area (TPSA) is 157 Å². The summed E-state index contributed by atoms with van der Waals surface area (Å²) in [4.78, 5) is 61.6. The molecular formula is C30H36O10. The highest BCUT2D eigenvalue weighted by molar-refractivity contribution is 5.92. The van der Waals surface area contributed by atoms with Crippen molar-refractivity contribution in [2.24, 2.45) is 28.6 Å². The van der Waals surface area contributed by atoms with Crippen LogP contribution < -0.4 is 0 Å². The third-order valence-electron chi connectivity index (χ3n) is 10.4. The second-order valence-electron chi connectivity index (χ2n) is 12.3. The lowest BCUT2D eigenvalue weighted by Gasteiger charge is -2.60. The molecule has 0 spiro atoms. The summed E-state index contributed by atoms with van der Waals surface area (Å²) >= 11 is 0. The predicted molar refractivity (Wildman–Crippen MR) is 138 cm³/mol. The van der Waals surface area contributed by atoms with Crippen LogP contribution >= 0.6 is 0 Å². The van der Waals surface area contributed by atoms with Gasteiger partial charge in [-0.3, -0.25) is 19.2 Å². The first kappa shape index (κ1) is 28.3. The molecule has 216 valence electrons. The molecule has 0 amide bonds. The Labute approximate surface area is 232 Å². The summed E-state index contributed by atoms with van der Waals surface area (Å²) in [6, 6.07) is 3.12. The van der Waals surface area contributed by atoms with Gasteiger partial charge >= 0.3 is 17.9 Å². The zero-order chi connectivity index (χ0) is 28.9. The molecule has 0 radical (unpaired) electrons. The first-order valence-corrected chi connectivity index (χ1v) is 14.0. The molecule has 1 heterocycles. The number of aliphatic carboxylic acids is 1. The Kier molecular flexibility index (Phi) is 7.27. The molecule has 2 N–H and O–H groups in total. The molecule has 10 nitrogen and oxygen atoms in total. The van der Waals surface area contributed by atoms with E-state index in [0.29, 0.717) is 19.3 Å². The number of hydrogen-bond donors (Lipinski definition) is 2. The lowest BCUT2D eigenvalue weighted by molar-refractivity contribution is -0.185. The van der Waals surface area contributed by atoms with E-state index in [4.69, 9.17) is 19.0 Å². The lowest BCUT2D eigenvalue weighted by atomic mass is 9.45. The quantitative estimate of drug-likeness (QED) is 0.453. The van der Waals surface area contributed by atoms with E-state index in [1.807, 2.05) is 6.92 Å². The number of furan rings is 1. The smallest absolute Gasteiger partial charge is 0.374 e. The molecule has 1 aromatic rings. The number of rotatable bonds is 8. The van der Waals surface area contributed by atoms with Crippen LogP contribution in [0.4, 0.5) is 0 Å². The van der Waals surface area contributed by atoms with Crippen molar-refractivity contribution in [3.8, 4) is 0 Å². The summed E-state index contributed by atoms with van der Waals surface area (Å²) < 4.78 is 16.5. The Morgan fingerprint density at radius 2 is 1.88 bits per heavy atom. The Morgan fingerprint density at radius 3 is 2.58 bits per heavy atom. The van der Waals surface area contributed by atoms with E-state index in [9.17, 15) is 29.1 Å². The molecule has 0 aliphatic heterocycles. The van der Waals surface area contributed by atoms with E-state index in [2.05, 4.69) is 6.92 Å². The molecule has 3 fully saturated rings. The van der Waals surface area contributed by atoms with Gasteiger partial charge in [0.15, 0.2) is 12.4 Å². The van der Waals surface area contributed by atoms with E-state index in [1.165, 1.54) is 12.3 Å². The minimum absolute atomic E-state index is 0.0310. The fourth-order valence-electron chi connectivity index (χ4n) is 8.36. The highest BCUT2D eigenvalue weighted by atomic mass is 16.6. The van der Waals surface area contributed by atoms with Crippen molar-refractivity contribution in [1.29, 1.82) is 0 Å². The van der Waals surface area contributed by atoms with E-state index in [0.717, 1.165) is 18.4 Å². The fraction of sp³-hybridized carbons (Fsp3) is 0.633. The van der Waals surface area contributed by atoms with Gasteiger partial charge in [-0.15, -0.1) is 0 Å². The third kappa shape index (κ3) is 4.60. The molecule has 1 aromatic heterocycles. The van der Waals surface area contributed by atoms with Crippen LogP contribution in [0.3, 0.4) is 0 Å². The van der Waals surface area contributed by atoms with Gasteiger partial charge in [0.25, 0.3) is 0 Å². The zero-order valence-corrected chi connectivity index (χ0v) is 22.9. The van der Waals surface area contributed by atoms with Crippen molar-refractivity contribution >= 4 is 29.5 Å². The number of carboxylic acid groups (broad SMARTS) is 1. The maximum Gasteiger partial charge on any atom is 0.374 e. The van der Waals surface area contributed by atoms with Crippen LogP contribution in [0.25, 0.3) is 0 Å². The number of carbonyl (C=O) groups excluding carboxylic acids is 4. The van der Waals surface area contributed by atoms with Crippen molar-refractivity contribution in [2.45, 2.75) is 83.3 Å². The maximum atomic E-state index is 13.5. The number of carboxylic acids is 1. The fourth-order valence-corrected chi connectivity index (χ4v) is 8.36. The first-order chi connectivity index (χ1) is 18.9. The van der Waals surface area contributed by atoms with E-state index in [-0.39, 0.29) is 54.0 Å². The number of allylic oxidation sites excluding steroid dienone is 1. The Balaban J connectivity index is 1.45. The number of Topliss-reactive ketones (excluding diaryl/α,β-unsaturated/α-hetero) is 1. The summed E-state index contributed by atoms with van der Waals surface area (Å²) in [5, 5.41) is 20.7. The number of esters is 2. The van der Waals surface area contributed by atoms with Gasteiger partial charge in [0.1, 0.15) is 11.7 Å². The standard InChI is InChI=1S/C30H36O10/c1-28-11-9-18(31)14-17(28)5-6-19-20-10-12-30(37,23(32)16-39-25(35)8-7-24(33)34)29(20,2)15-22(26(19)28)40-27(36)21-4-3-13-38-21/h3-4,13-14,19-20,22,26,37H,5-12,15-16H2,1-2H3,(H,33,34)/t19-,20-,22+,26+,28-,29-,30-/m0/s1. The summed E-state index contributed by atoms with van der Waals surface area (Å²) in [5.41, 5.74) is -2.07. The molecule has 0 bridgehead atoms. The Hall–Kier alpha value is -3.27. The van der Waals surface area contributed by atoms with Crippen LogP contribution in [0.2, 0.25) is 0 Å². The highest BCUT2D eigenvalue weighted by Crippen LogP contribution is 2.68. The number of ether oxygens (including phenoxy) is 2. The number of aliphatic hydroxyl groups is 1. The van der Waals surface area contributed by atoms with Crippen LogP contribution in [0.5, 0.6) is 0 Å². The summed E-state index contributed by atoms with van der Waals surface area (Å²) in [6.45, 7) is 3.34. The number of fused-ring (bicyclic) bond motifs is 5. The molecule has 5 rings (SSSR count). The van der Waals surface area contributed by atoms with Gasteiger partial charge in [0.2, 0.25) is 11.5 Å².